The van der Waals surface area contributed by atoms with E-state index < -0.39 is 17.8 Å². The summed E-state index contributed by atoms with van der Waals surface area (Å²) in [6.07, 6.45) is -1.56. The molecule has 0 aromatic rings. The van der Waals surface area contributed by atoms with Gasteiger partial charge < -0.3 is 0 Å². The van der Waals surface area contributed by atoms with Crippen molar-refractivity contribution >= 4 is 6.08 Å². The van der Waals surface area contributed by atoms with Crippen LogP contribution in [0.4, 0.5) is 13.2 Å². The van der Waals surface area contributed by atoms with Gasteiger partial charge in [0.25, 0.3) is 0 Å². The molecule has 0 heterocycles. The minimum Gasteiger partial charge on any atom is -0.211 e. The Hall–Kier alpha value is -1.09. The molecule has 0 spiro atoms. The van der Waals surface area contributed by atoms with Crippen molar-refractivity contribution in [3.05, 3.63) is 11.6 Å². The summed E-state index contributed by atoms with van der Waals surface area (Å²) in [5.74, 6) is 0. The molecule has 1 unspecified atom stereocenters. The van der Waals surface area contributed by atoms with Crippen LogP contribution in [0.3, 0.4) is 0 Å². The van der Waals surface area contributed by atoms with E-state index in [1.54, 1.807) is 0 Å². The van der Waals surface area contributed by atoms with E-state index in [1.165, 1.54) is 0 Å². The SMILES string of the molecule is O=C=NC1CCC=C1C(F)(F)F. The lowest BCUT2D eigenvalue weighted by Gasteiger charge is -2.11. The fraction of sp³-hybridized carbons (Fsp3) is 0.571. The second kappa shape index (κ2) is 3.11. The third-order valence-electron chi connectivity index (χ3n) is 1.70. The van der Waals surface area contributed by atoms with Crippen molar-refractivity contribution in [2.24, 2.45) is 4.99 Å². The van der Waals surface area contributed by atoms with Gasteiger partial charge in [0.1, 0.15) is 0 Å². The molecule has 0 bridgehead atoms. The first-order valence-electron chi connectivity index (χ1n) is 3.40. The Morgan fingerprint density at radius 2 is 2.25 bits per heavy atom. The number of nitrogens with zero attached hydrogens (tertiary/aromatic N) is 1. The predicted molar refractivity (Wildman–Crippen MR) is 35.3 cm³/mol. The maximum absolute atomic E-state index is 12.1. The van der Waals surface area contributed by atoms with Crippen LogP contribution in [-0.2, 0) is 4.79 Å². The van der Waals surface area contributed by atoms with Gasteiger partial charge in [0.2, 0.25) is 6.08 Å². The summed E-state index contributed by atoms with van der Waals surface area (Å²) >= 11 is 0. The van der Waals surface area contributed by atoms with Crippen LogP contribution in [0, 0.1) is 0 Å². The third kappa shape index (κ3) is 1.74. The lowest BCUT2D eigenvalue weighted by atomic mass is 10.1. The lowest BCUT2D eigenvalue weighted by Crippen LogP contribution is -2.19. The molecule has 12 heavy (non-hydrogen) atoms. The molecule has 0 saturated carbocycles. The zero-order valence-electron chi connectivity index (χ0n) is 6.06. The normalized spacial score (nSPS) is 23.2. The van der Waals surface area contributed by atoms with Gasteiger partial charge >= 0.3 is 6.18 Å². The van der Waals surface area contributed by atoms with Crippen molar-refractivity contribution in [1.29, 1.82) is 0 Å². The van der Waals surface area contributed by atoms with Crippen LogP contribution in [-0.4, -0.2) is 18.3 Å². The molecule has 0 aromatic heterocycles. The molecule has 0 aliphatic heterocycles. The average molecular weight is 177 g/mol. The van der Waals surface area contributed by atoms with Gasteiger partial charge in [-0.3, -0.25) is 0 Å². The van der Waals surface area contributed by atoms with Gasteiger partial charge in [0.15, 0.2) is 0 Å². The van der Waals surface area contributed by atoms with Gasteiger partial charge in [-0.05, 0) is 12.8 Å². The summed E-state index contributed by atoms with van der Waals surface area (Å²) in [7, 11) is 0. The molecule has 0 radical (unpaired) electrons. The number of hydrogen-bond acceptors (Lipinski definition) is 2. The van der Waals surface area contributed by atoms with Crippen molar-refractivity contribution in [2.45, 2.75) is 25.1 Å². The van der Waals surface area contributed by atoms with E-state index in [9.17, 15) is 18.0 Å². The summed E-state index contributed by atoms with van der Waals surface area (Å²) in [6.45, 7) is 0. The highest BCUT2D eigenvalue weighted by molar-refractivity contribution is 5.37. The zero-order chi connectivity index (χ0) is 9.19. The quantitative estimate of drug-likeness (QED) is 0.342. The van der Waals surface area contributed by atoms with E-state index in [0.717, 1.165) is 12.2 Å². The molecular formula is C7H6F3NO. The summed E-state index contributed by atoms with van der Waals surface area (Å²) in [4.78, 5) is 12.8. The van der Waals surface area contributed by atoms with E-state index in [-0.39, 0.29) is 6.42 Å². The van der Waals surface area contributed by atoms with E-state index in [0.29, 0.717) is 6.42 Å². The van der Waals surface area contributed by atoms with Crippen LogP contribution in [0.2, 0.25) is 0 Å². The minimum absolute atomic E-state index is 0.254. The van der Waals surface area contributed by atoms with Crippen LogP contribution < -0.4 is 0 Å². The molecule has 0 fully saturated rings. The van der Waals surface area contributed by atoms with Gasteiger partial charge in [-0.2, -0.15) is 18.2 Å². The van der Waals surface area contributed by atoms with Gasteiger partial charge in [-0.1, -0.05) is 6.08 Å². The monoisotopic (exact) mass is 177 g/mol. The number of halogens is 3. The Morgan fingerprint density at radius 3 is 2.75 bits per heavy atom. The topological polar surface area (TPSA) is 29.4 Å². The molecule has 1 aliphatic carbocycles. The average Bonchev–Trinajstić information content (AvgIpc) is 2.34. The standard InChI is InChI=1S/C7H6F3NO/c8-7(9,10)5-2-1-3-6(5)11-4-12/h2,6H,1,3H2. The summed E-state index contributed by atoms with van der Waals surface area (Å²) in [5, 5.41) is 0. The Kier molecular flexibility index (Phi) is 2.33. The van der Waals surface area contributed by atoms with E-state index >= 15 is 0 Å². The fourth-order valence-corrected chi connectivity index (χ4v) is 1.19. The molecule has 1 atom stereocenters. The number of carbonyl (C=O) groups excluding carboxylic acids is 1. The largest absolute Gasteiger partial charge is 0.414 e. The molecule has 66 valence electrons. The van der Waals surface area contributed by atoms with Crippen LogP contribution in [0.1, 0.15) is 12.8 Å². The number of allylic oxidation sites excluding steroid dienone is 1. The minimum atomic E-state index is -4.36. The molecule has 0 saturated heterocycles. The number of aliphatic imine (C=N–C) groups is 1. The highest BCUT2D eigenvalue weighted by atomic mass is 19.4. The van der Waals surface area contributed by atoms with Crippen LogP contribution in [0.5, 0.6) is 0 Å². The van der Waals surface area contributed by atoms with Crippen LogP contribution in [0.15, 0.2) is 16.6 Å². The van der Waals surface area contributed by atoms with Crippen molar-refractivity contribution in [3.63, 3.8) is 0 Å². The predicted octanol–water partition coefficient (Wildman–Crippen LogP) is 1.97. The van der Waals surface area contributed by atoms with Crippen molar-refractivity contribution in [2.75, 3.05) is 0 Å². The highest BCUT2D eigenvalue weighted by Crippen LogP contribution is 2.35. The Morgan fingerprint density at radius 1 is 1.58 bits per heavy atom. The highest BCUT2D eigenvalue weighted by Gasteiger charge is 2.40. The molecular weight excluding hydrogens is 171 g/mol. The first-order valence-corrected chi connectivity index (χ1v) is 3.40. The number of isocyanates is 1. The molecule has 2 nitrogen and oxygen atoms in total. The van der Waals surface area contributed by atoms with Gasteiger partial charge in [-0.15, -0.1) is 0 Å². The summed E-state index contributed by atoms with van der Waals surface area (Å²) in [5.41, 5.74) is -0.717. The van der Waals surface area contributed by atoms with E-state index in [2.05, 4.69) is 4.99 Å². The van der Waals surface area contributed by atoms with Crippen molar-refractivity contribution in [3.8, 4) is 0 Å². The maximum atomic E-state index is 12.1. The third-order valence-corrected chi connectivity index (χ3v) is 1.70. The molecule has 1 rings (SSSR count). The summed E-state index contributed by atoms with van der Waals surface area (Å²) in [6, 6.07) is -1.03. The van der Waals surface area contributed by atoms with Crippen LogP contribution >= 0.6 is 0 Å². The number of hydrogen-bond donors (Lipinski definition) is 0. The Labute approximate surface area is 66.8 Å². The second-order valence-electron chi connectivity index (χ2n) is 2.47. The maximum Gasteiger partial charge on any atom is 0.414 e. The van der Waals surface area contributed by atoms with Crippen molar-refractivity contribution in [1.82, 2.24) is 0 Å². The fourth-order valence-electron chi connectivity index (χ4n) is 1.19. The molecule has 0 aromatic carbocycles. The van der Waals surface area contributed by atoms with Crippen molar-refractivity contribution < 1.29 is 18.0 Å². The lowest BCUT2D eigenvalue weighted by molar-refractivity contribution is -0.0944. The van der Waals surface area contributed by atoms with Gasteiger partial charge in [0.05, 0.1) is 11.6 Å². The number of rotatable bonds is 1. The molecule has 0 N–H and O–H groups in total. The van der Waals surface area contributed by atoms with Gasteiger partial charge in [-0.25, -0.2) is 4.79 Å². The zero-order valence-corrected chi connectivity index (χ0v) is 6.06. The molecule has 1 aliphatic rings. The van der Waals surface area contributed by atoms with Gasteiger partial charge in [0, 0.05) is 0 Å². The van der Waals surface area contributed by atoms with E-state index in [4.69, 9.17) is 0 Å². The van der Waals surface area contributed by atoms with Crippen LogP contribution in [0.25, 0.3) is 0 Å². The Bertz CT molecular complexity index is 250. The van der Waals surface area contributed by atoms with E-state index in [1.807, 2.05) is 0 Å². The molecule has 0 amide bonds. The summed E-state index contributed by atoms with van der Waals surface area (Å²) < 4.78 is 36.2. The molecule has 5 heteroatoms. The smallest absolute Gasteiger partial charge is 0.211 e. The first-order chi connectivity index (χ1) is 5.55. The Balaban J connectivity index is 2.83. The second-order valence-corrected chi connectivity index (χ2v) is 2.47. The first kappa shape index (κ1) is 9.00. The number of alkyl halides is 3.